The van der Waals surface area contributed by atoms with Crippen LogP contribution in [0.15, 0.2) is 51.9 Å². The summed E-state index contributed by atoms with van der Waals surface area (Å²) in [6, 6.07) is 15.9. The summed E-state index contributed by atoms with van der Waals surface area (Å²) < 4.78 is 6.80. The highest BCUT2D eigenvalue weighted by Crippen LogP contribution is 2.63. The predicted octanol–water partition coefficient (Wildman–Crippen LogP) is 6.44. The SMILES string of the molecule is Clc1cccc2c1OP(Cl)C(I)=C2c1ccccc1. The Labute approximate surface area is 136 Å². The van der Waals surface area contributed by atoms with Gasteiger partial charge in [0.05, 0.1) is 8.34 Å². The van der Waals surface area contributed by atoms with E-state index in [0.29, 0.717) is 10.8 Å². The maximum Gasteiger partial charge on any atom is 0.222 e. The number of halogens is 3. The third-order valence-electron chi connectivity index (χ3n) is 2.83. The quantitative estimate of drug-likeness (QED) is 0.381. The normalized spacial score (nSPS) is 17.9. The zero-order chi connectivity index (χ0) is 13.4. The molecule has 0 radical (unpaired) electrons. The minimum Gasteiger partial charge on any atom is -0.451 e. The fourth-order valence-electron chi connectivity index (χ4n) is 2.00. The molecule has 0 spiro atoms. The third kappa shape index (κ3) is 2.52. The molecule has 1 heterocycles. The Bertz CT molecular complexity index is 658. The number of rotatable bonds is 1. The number of fused-ring (bicyclic) bond motifs is 1. The highest BCUT2D eigenvalue weighted by Gasteiger charge is 2.28. The van der Waals surface area contributed by atoms with Crippen LogP contribution in [0.1, 0.15) is 11.1 Å². The molecule has 2 aromatic rings. The molecule has 1 atom stereocenters. The summed E-state index contributed by atoms with van der Waals surface area (Å²) in [6.45, 7) is 0. The van der Waals surface area contributed by atoms with Crippen molar-refractivity contribution in [2.75, 3.05) is 0 Å². The van der Waals surface area contributed by atoms with Crippen LogP contribution in [-0.4, -0.2) is 0 Å². The van der Waals surface area contributed by atoms with Crippen molar-refractivity contribution in [3.8, 4) is 5.75 Å². The Morgan fingerprint density at radius 1 is 1.00 bits per heavy atom. The summed E-state index contributed by atoms with van der Waals surface area (Å²) >= 11 is 14.8. The van der Waals surface area contributed by atoms with Gasteiger partial charge in [-0.1, -0.05) is 54.1 Å². The first-order chi connectivity index (χ1) is 9.18. The Morgan fingerprint density at radius 3 is 2.47 bits per heavy atom. The minimum absolute atomic E-state index is 0.600. The van der Waals surface area contributed by atoms with Gasteiger partial charge in [0.1, 0.15) is 0 Å². The summed E-state index contributed by atoms with van der Waals surface area (Å²) in [6.07, 6.45) is 0. The lowest BCUT2D eigenvalue weighted by molar-refractivity contribution is 0.628. The van der Waals surface area contributed by atoms with E-state index in [4.69, 9.17) is 27.4 Å². The van der Waals surface area contributed by atoms with Gasteiger partial charge in [0.15, 0.2) is 5.75 Å². The maximum atomic E-state index is 6.33. The lowest BCUT2D eigenvalue weighted by Gasteiger charge is -2.25. The summed E-state index contributed by atoms with van der Waals surface area (Å²) in [7, 11) is -1.16. The van der Waals surface area contributed by atoms with E-state index in [1.165, 1.54) is 0 Å². The first-order valence-corrected chi connectivity index (χ1v) is 9.18. The topological polar surface area (TPSA) is 9.23 Å². The second-order valence-electron chi connectivity index (χ2n) is 3.98. The van der Waals surface area contributed by atoms with Gasteiger partial charge < -0.3 is 4.52 Å². The number of hydrogen-bond donors (Lipinski definition) is 0. The zero-order valence-corrected chi connectivity index (χ0v) is 14.2. The fourth-order valence-corrected chi connectivity index (χ4v) is 4.48. The number of hydrogen-bond acceptors (Lipinski definition) is 1. The summed E-state index contributed by atoms with van der Waals surface area (Å²) in [5, 5.41) is 0.600. The predicted molar refractivity (Wildman–Crippen MR) is 91.3 cm³/mol. The van der Waals surface area contributed by atoms with Crippen LogP contribution in [0.2, 0.25) is 5.02 Å². The van der Waals surface area contributed by atoms with Crippen molar-refractivity contribution >= 4 is 58.5 Å². The van der Waals surface area contributed by atoms with Crippen molar-refractivity contribution in [1.29, 1.82) is 0 Å². The van der Waals surface area contributed by atoms with Gasteiger partial charge >= 0.3 is 0 Å². The molecule has 0 aromatic heterocycles. The van der Waals surface area contributed by atoms with Gasteiger partial charge in [0, 0.05) is 11.1 Å². The highest BCUT2D eigenvalue weighted by molar-refractivity contribution is 14.1. The molecule has 1 aliphatic rings. The van der Waals surface area contributed by atoms with E-state index < -0.39 is 7.50 Å². The van der Waals surface area contributed by atoms with Crippen molar-refractivity contribution in [3.05, 3.63) is 68.0 Å². The van der Waals surface area contributed by atoms with Crippen LogP contribution in [0.3, 0.4) is 0 Å². The Balaban J connectivity index is 2.27. The second kappa shape index (κ2) is 5.61. The van der Waals surface area contributed by atoms with Gasteiger partial charge in [0.2, 0.25) is 7.50 Å². The molecule has 0 saturated heterocycles. The molecule has 19 heavy (non-hydrogen) atoms. The van der Waals surface area contributed by atoms with Crippen LogP contribution in [0.25, 0.3) is 5.57 Å². The molecule has 1 nitrogen and oxygen atoms in total. The van der Waals surface area contributed by atoms with E-state index in [1.54, 1.807) is 0 Å². The lowest BCUT2D eigenvalue weighted by atomic mass is 9.99. The lowest BCUT2D eigenvalue weighted by Crippen LogP contribution is -2.00. The average Bonchev–Trinajstić information content (AvgIpc) is 2.42. The van der Waals surface area contributed by atoms with E-state index in [0.717, 1.165) is 20.0 Å². The molecule has 0 fully saturated rings. The van der Waals surface area contributed by atoms with E-state index in [1.807, 2.05) is 36.4 Å². The van der Waals surface area contributed by atoms with Crippen molar-refractivity contribution in [2.24, 2.45) is 0 Å². The Morgan fingerprint density at radius 2 is 1.74 bits per heavy atom. The third-order valence-corrected chi connectivity index (χ3v) is 7.43. The molecule has 0 amide bonds. The zero-order valence-electron chi connectivity index (χ0n) is 9.61. The average molecular weight is 421 g/mol. The van der Waals surface area contributed by atoms with Crippen LogP contribution in [-0.2, 0) is 0 Å². The van der Waals surface area contributed by atoms with Gasteiger partial charge in [-0.25, -0.2) is 0 Å². The van der Waals surface area contributed by atoms with Gasteiger partial charge in [-0.3, -0.25) is 0 Å². The molecule has 0 bridgehead atoms. The number of para-hydroxylation sites is 1. The summed E-state index contributed by atoms with van der Waals surface area (Å²) in [5.41, 5.74) is 3.25. The van der Waals surface area contributed by atoms with Crippen LogP contribution >= 0.6 is 52.9 Å². The van der Waals surface area contributed by atoms with Crippen LogP contribution in [0.4, 0.5) is 0 Å². The van der Waals surface area contributed by atoms with E-state index >= 15 is 0 Å². The van der Waals surface area contributed by atoms with Crippen LogP contribution in [0.5, 0.6) is 5.75 Å². The van der Waals surface area contributed by atoms with Gasteiger partial charge in [-0.05, 0) is 45.5 Å². The molecule has 0 aliphatic carbocycles. The molecule has 0 saturated carbocycles. The number of benzene rings is 2. The van der Waals surface area contributed by atoms with E-state index in [2.05, 4.69) is 34.7 Å². The first kappa shape index (κ1) is 13.7. The second-order valence-corrected chi connectivity index (χ2v) is 8.36. The maximum absolute atomic E-state index is 6.33. The molecule has 0 N–H and O–H groups in total. The van der Waals surface area contributed by atoms with Gasteiger partial charge in [0.25, 0.3) is 0 Å². The Kier molecular flexibility index (Phi) is 4.04. The fraction of sp³-hybridized carbons (Fsp3) is 0. The smallest absolute Gasteiger partial charge is 0.222 e. The molecule has 1 aliphatic heterocycles. The Hall–Kier alpha value is -0.280. The highest BCUT2D eigenvalue weighted by atomic mass is 127. The standard InChI is InChI=1S/C14H8Cl2IOP/c15-11-8-4-7-10-12(9-5-2-1-3-6-9)14(17)19(16)18-13(10)11/h1-8H. The molecule has 1 unspecified atom stereocenters. The first-order valence-electron chi connectivity index (χ1n) is 5.56. The van der Waals surface area contributed by atoms with Crippen molar-refractivity contribution < 1.29 is 4.52 Å². The molecule has 3 rings (SSSR count). The van der Waals surface area contributed by atoms with Crippen LogP contribution in [0, 0.1) is 0 Å². The van der Waals surface area contributed by atoms with Crippen molar-refractivity contribution in [1.82, 2.24) is 0 Å². The van der Waals surface area contributed by atoms with Gasteiger partial charge in [-0.2, -0.15) is 0 Å². The van der Waals surface area contributed by atoms with Crippen molar-refractivity contribution in [2.45, 2.75) is 0 Å². The molecule has 2 aromatic carbocycles. The monoisotopic (exact) mass is 420 g/mol. The summed E-state index contributed by atoms with van der Waals surface area (Å²) in [5.74, 6) is 0.685. The van der Waals surface area contributed by atoms with Crippen molar-refractivity contribution in [3.63, 3.8) is 0 Å². The van der Waals surface area contributed by atoms with Gasteiger partial charge in [-0.15, -0.1) is 0 Å². The van der Waals surface area contributed by atoms with E-state index in [-0.39, 0.29) is 0 Å². The molecular weight excluding hydrogens is 413 g/mol. The van der Waals surface area contributed by atoms with Crippen LogP contribution < -0.4 is 4.52 Å². The molecule has 96 valence electrons. The molecule has 5 heteroatoms. The largest absolute Gasteiger partial charge is 0.451 e. The summed E-state index contributed by atoms with van der Waals surface area (Å²) in [4.78, 5) is 0. The molecular formula is C14H8Cl2IOP. The van der Waals surface area contributed by atoms with E-state index in [9.17, 15) is 0 Å². The minimum atomic E-state index is -1.16.